The minimum Gasteiger partial charge on any atom is -0.362 e. The second-order valence-electron chi connectivity index (χ2n) is 6.04. The Hall–Kier alpha value is -1.89. The van der Waals surface area contributed by atoms with Crippen LogP contribution in [0.25, 0.3) is 0 Å². The fraction of sp³-hybridized carbons (Fsp3) is 0.500. The van der Waals surface area contributed by atoms with Gasteiger partial charge in [-0.05, 0) is 30.9 Å². The standard InChI is InChI=1S/C16H21N3O3S/c1-23(20,21)12-15-17-16(22-18-15)11-19-10-6-2-3-7-13-8-4-5-9-14(13)19/h4-5,8-9H,2-3,6-7,10-12H2,1H3. The Kier molecular flexibility index (Phi) is 4.66. The molecular weight excluding hydrogens is 314 g/mol. The van der Waals surface area contributed by atoms with Crippen LogP contribution in [-0.2, 0) is 28.6 Å². The molecule has 23 heavy (non-hydrogen) atoms. The molecule has 1 aromatic heterocycles. The minimum absolute atomic E-state index is 0.187. The number of aryl methyl sites for hydroxylation is 1. The lowest BCUT2D eigenvalue weighted by atomic mass is 10.0. The van der Waals surface area contributed by atoms with E-state index >= 15 is 0 Å². The van der Waals surface area contributed by atoms with E-state index in [1.165, 1.54) is 24.1 Å². The van der Waals surface area contributed by atoms with Gasteiger partial charge in [0.05, 0.1) is 6.54 Å². The Balaban J connectivity index is 1.79. The minimum atomic E-state index is -3.15. The maximum Gasteiger partial charge on any atom is 0.246 e. The molecule has 0 aliphatic carbocycles. The summed E-state index contributed by atoms with van der Waals surface area (Å²) >= 11 is 0. The molecular formula is C16H21N3O3S. The van der Waals surface area contributed by atoms with Gasteiger partial charge in [0.15, 0.2) is 15.7 Å². The molecule has 1 aliphatic heterocycles. The molecule has 2 aromatic rings. The first-order chi connectivity index (χ1) is 11.0. The summed E-state index contributed by atoms with van der Waals surface area (Å²) in [6.07, 6.45) is 5.78. The summed E-state index contributed by atoms with van der Waals surface area (Å²) in [5, 5.41) is 3.77. The number of aromatic nitrogens is 2. The number of hydrogen-bond acceptors (Lipinski definition) is 6. The van der Waals surface area contributed by atoms with Gasteiger partial charge < -0.3 is 9.42 Å². The van der Waals surface area contributed by atoms with E-state index in [0.717, 1.165) is 25.6 Å². The van der Waals surface area contributed by atoms with Crippen LogP contribution in [0.5, 0.6) is 0 Å². The molecule has 0 saturated carbocycles. The lowest BCUT2D eigenvalue weighted by Crippen LogP contribution is -2.26. The van der Waals surface area contributed by atoms with Gasteiger partial charge in [0.1, 0.15) is 5.75 Å². The largest absolute Gasteiger partial charge is 0.362 e. The molecule has 0 fully saturated rings. The van der Waals surface area contributed by atoms with Crippen molar-refractivity contribution in [2.45, 2.75) is 38.0 Å². The van der Waals surface area contributed by atoms with Crippen molar-refractivity contribution < 1.29 is 12.9 Å². The fourth-order valence-electron chi connectivity index (χ4n) is 2.92. The van der Waals surface area contributed by atoms with Gasteiger partial charge in [-0.3, -0.25) is 0 Å². The number of para-hydroxylation sites is 1. The van der Waals surface area contributed by atoms with Crippen molar-refractivity contribution in [2.75, 3.05) is 17.7 Å². The average Bonchev–Trinajstić information content (AvgIpc) is 2.88. The molecule has 1 aliphatic rings. The van der Waals surface area contributed by atoms with E-state index in [4.69, 9.17) is 4.52 Å². The number of nitrogens with zero attached hydrogens (tertiary/aromatic N) is 3. The molecule has 0 spiro atoms. The molecule has 0 saturated heterocycles. The highest BCUT2D eigenvalue weighted by atomic mass is 32.2. The van der Waals surface area contributed by atoms with Crippen LogP contribution in [0.1, 0.15) is 36.5 Å². The van der Waals surface area contributed by atoms with E-state index in [1.807, 2.05) is 6.07 Å². The van der Waals surface area contributed by atoms with Crippen LogP contribution >= 0.6 is 0 Å². The Morgan fingerprint density at radius 3 is 2.87 bits per heavy atom. The van der Waals surface area contributed by atoms with Crippen molar-refractivity contribution in [1.29, 1.82) is 0 Å². The van der Waals surface area contributed by atoms with E-state index in [1.54, 1.807) is 0 Å². The monoisotopic (exact) mass is 335 g/mol. The van der Waals surface area contributed by atoms with Crippen LogP contribution in [0, 0.1) is 0 Å². The predicted molar refractivity (Wildman–Crippen MR) is 87.9 cm³/mol. The topological polar surface area (TPSA) is 76.3 Å². The number of benzene rings is 1. The number of hydrogen-bond donors (Lipinski definition) is 0. The van der Waals surface area contributed by atoms with Gasteiger partial charge >= 0.3 is 0 Å². The zero-order valence-corrected chi connectivity index (χ0v) is 14.1. The van der Waals surface area contributed by atoms with Crippen molar-refractivity contribution in [3.63, 3.8) is 0 Å². The van der Waals surface area contributed by atoms with Crippen LogP contribution in [0.2, 0.25) is 0 Å². The molecule has 0 amide bonds. The number of rotatable bonds is 4. The van der Waals surface area contributed by atoms with Gasteiger partial charge in [-0.2, -0.15) is 4.98 Å². The quantitative estimate of drug-likeness (QED) is 0.853. The highest BCUT2D eigenvalue weighted by Crippen LogP contribution is 2.26. The number of anilines is 1. The molecule has 0 bridgehead atoms. The Labute approximate surface area is 136 Å². The van der Waals surface area contributed by atoms with Gasteiger partial charge in [0.2, 0.25) is 5.89 Å². The third kappa shape index (κ3) is 4.31. The summed E-state index contributed by atoms with van der Waals surface area (Å²) < 4.78 is 27.9. The summed E-state index contributed by atoms with van der Waals surface area (Å²) in [7, 11) is -3.15. The van der Waals surface area contributed by atoms with Gasteiger partial charge in [-0.1, -0.05) is 29.8 Å². The van der Waals surface area contributed by atoms with Crippen LogP contribution in [-0.4, -0.2) is 31.4 Å². The summed E-state index contributed by atoms with van der Waals surface area (Å²) in [6.45, 7) is 1.44. The lowest BCUT2D eigenvalue weighted by Gasteiger charge is -2.27. The van der Waals surface area contributed by atoms with Crippen molar-refractivity contribution in [2.24, 2.45) is 0 Å². The first-order valence-electron chi connectivity index (χ1n) is 7.83. The maximum atomic E-state index is 11.3. The predicted octanol–water partition coefficient (Wildman–Crippen LogP) is 2.35. The molecule has 6 nitrogen and oxygen atoms in total. The molecule has 124 valence electrons. The highest BCUT2D eigenvalue weighted by Gasteiger charge is 2.18. The van der Waals surface area contributed by atoms with Gasteiger partial charge in [-0.25, -0.2) is 8.42 Å². The lowest BCUT2D eigenvalue weighted by molar-refractivity contribution is 0.371. The zero-order valence-electron chi connectivity index (χ0n) is 13.2. The first kappa shape index (κ1) is 16.0. The molecule has 1 aromatic carbocycles. The van der Waals surface area contributed by atoms with E-state index in [0.29, 0.717) is 12.4 Å². The summed E-state index contributed by atoms with van der Waals surface area (Å²) in [6, 6.07) is 8.39. The van der Waals surface area contributed by atoms with E-state index < -0.39 is 9.84 Å². The van der Waals surface area contributed by atoms with Gasteiger partial charge in [-0.15, -0.1) is 0 Å². The normalized spacial score (nSPS) is 15.8. The smallest absolute Gasteiger partial charge is 0.246 e. The van der Waals surface area contributed by atoms with Crippen LogP contribution < -0.4 is 4.90 Å². The Bertz CT molecular complexity index is 770. The van der Waals surface area contributed by atoms with E-state index in [-0.39, 0.29) is 11.6 Å². The molecule has 7 heteroatoms. The second-order valence-corrected chi connectivity index (χ2v) is 8.18. The molecule has 0 unspecified atom stereocenters. The summed E-state index contributed by atoms with van der Waals surface area (Å²) in [4.78, 5) is 6.46. The molecule has 2 heterocycles. The van der Waals surface area contributed by atoms with E-state index in [9.17, 15) is 8.42 Å². The maximum absolute atomic E-state index is 11.3. The van der Waals surface area contributed by atoms with Gasteiger partial charge in [0, 0.05) is 18.5 Å². The Morgan fingerprint density at radius 2 is 2.04 bits per heavy atom. The van der Waals surface area contributed by atoms with Crippen molar-refractivity contribution in [3.05, 3.63) is 41.5 Å². The van der Waals surface area contributed by atoms with E-state index in [2.05, 4.69) is 33.2 Å². The van der Waals surface area contributed by atoms with Crippen LogP contribution in [0.4, 0.5) is 5.69 Å². The molecule has 0 N–H and O–H groups in total. The van der Waals surface area contributed by atoms with Gasteiger partial charge in [0.25, 0.3) is 0 Å². The molecule has 0 atom stereocenters. The zero-order chi connectivity index (χ0) is 16.3. The highest BCUT2D eigenvalue weighted by molar-refractivity contribution is 7.89. The average molecular weight is 335 g/mol. The van der Waals surface area contributed by atoms with Crippen molar-refractivity contribution in [1.82, 2.24) is 10.1 Å². The first-order valence-corrected chi connectivity index (χ1v) is 9.89. The van der Waals surface area contributed by atoms with Crippen LogP contribution in [0.3, 0.4) is 0 Å². The van der Waals surface area contributed by atoms with Crippen molar-refractivity contribution in [3.8, 4) is 0 Å². The Morgan fingerprint density at radius 1 is 1.22 bits per heavy atom. The third-order valence-corrected chi connectivity index (χ3v) is 4.72. The summed E-state index contributed by atoms with van der Waals surface area (Å²) in [5.41, 5.74) is 2.54. The fourth-order valence-corrected chi connectivity index (χ4v) is 3.51. The van der Waals surface area contributed by atoms with Crippen molar-refractivity contribution >= 4 is 15.5 Å². The molecule has 0 radical (unpaired) electrons. The molecule has 3 rings (SSSR count). The SMILES string of the molecule is CS(=O)(=O)Cc1noc(CN2CCCCCc3ccccc32)n1. The van der Waals surface area contributed by atoms with Crippen LogP contribution in [0.15, 0.2) is 28.8 Å². The third-order valence-electron chi connectivity index (χ3n) is 3.93. The number of sulfone groups is 1. The second kappa shape index (κ2) is 6.70. The summed E-state index contributed by atoms with van der Waals surface area (Å²) in [5.74, 6) is 0.495. The number of fused-ring (bicyclic) bond motifs is 1.